The average Bonchev–Trinajstić information content (AvgIpc) is 2.65. The van der Waals surface area contributed by atoms with E-state index in [-0.39, 0.29) is 31.0 Å². The van der Waals surface area contributed by atoms with Crippen molar-refractivity contribution in [2.45, 2.75) is 38.1 Å². The zero-order chi connectivity index (χ0) is 21.3. The summed E-state index contributed by atoms with van der Waals surface area (Å²) >= 11 is 0. The van der Waals surface area contributed by atoms with Gasteiger partial charge in [0.15, 0.2) is 0 Å². The summed E-state index contributed by atoms with van der Waals surface area (Å²) in [5.41, 5.74) is -2.96. The van der Waals surface area contributed by atoms with Crippen LogP contribution in [0.3, 0.4) is 0 Å². The Bertz CT molecular complexity index is 719. The van der Waals surface area contributed by atoms with Crippen molar-refractivity contribution >= 4 is 11.8 Å². The van der Waals surface area contributed by atoms with Gasteiger partial charge in [0.2, 0.25) is 5.60 Å². The molecule has 28 heavy (non-hydrogen) atoms. The normalized spacial score (nSPS) is 22.4. The number of hydrogen-bond acceptors (Lipinski definition) is 4. The molecule has 0 spiro atoms. The molecule has 3 atom stereocenters. The number of piperidine rings is 1. The van der Waals surface area contributed by atoms with E-state index in [4.69, 9.17) is 4.74 Å². The molecular formula is C19H25F3N2O4. The minimum absolute atomic E-state index is 0.0238. The van der Waals surface area contributed by atoms with Crippen molar-refractivity contribution in [3.8, 4) is 5.75 Å². The molecule has 1 aliphatic rings. The number of hydrogen-bond donors (Lipinski definition) is 1. The number of ether oxygens (including phenoxy) is 1. The van der Waals surface area contributed by atoms with Gasteiger partial charge in [0.25, 0.3) is 11.8 Å². The van der Waals surface area contributed by atoms with Crippen molar-refractivity contribution in [1.29, 1.82) is 0 Å². The standard InChI is InChI=1S/C19H25F3N2O4/c1-12-11-24(17(26)18(2,27)19(20,21)22)10-9-15(12)23(3)16(25)13-5-7-14(28-4)8-6-13/h5-8,12,15,27H,9-11H2,1-4H3/t12-,15+,18+/m0/s1. The van der Waals surface area contributed by atoms with E-state index in [9.17, 15) is 27.9 Å². The smallest absolute Gasteiger partial charge is 0.426 e. The Kier molecular flexibility index (Phi) is 6.27. The molecule has 6 nitrogen and oxygen atoms in total. The predicted molar refractivity (Wildman–Crippen MR) is 95.9 cm³/mol. The molecule has 1 fully saturated rings. The number of carbonyl (C=O) groups is 2. The van der Waals surface area contributed by atoms with Crippen molar-refractivity contribution in [1.82, 2.24) is 9.80 Å². The van der Waals surface area contributed by atoms with Crippen molar-refractivity contribution in [3.05, 3.63) is 29.8 Å². The maximum Gasteiger partial charge on any atom is 0.426 e. The van der Waals surface area contributed by atoms with Crippen LogP contribution >= 0.6 is 0 Å². The van der Waals surface area contributed by atoms with Gasteiger partial charge in [-0.2, -0.15) is 13.2 Å². The van der Waals surface area contributed by atoms with Crippen LogP contribution in [0.1, 0.15) is 30.6 Å². The lowest BCUT2D eigenvalue weighted by molar-refractivity contribution is -0.251. The van der Waals surface area contributed by atoms with Gasteiger partial charge in [-0.15, -0.1) is 0 Å². The molecule has 2 rings (SSSR count). The third-order valence-electron chi connectivity index (χ3n) is 5.27. The van der Waals surface area contributed by atoms with Crippen LogP contribution in [0.5, 0.6) is 5.75 Å². The van der Waals surface area contributed by atoms with Crippen LogP contribution in [0.4, 0.5) is 13.2 Å². The molecule has 1 N–H and O–H groups in total. The summed E-state index contributed by atoms with van der Waals surface area (Å²) in [6, 6.07) is 6.38. The lowest BCUT2D eigenvalue weighted by Crippen LogP contribution is -2.60. The highest BCUT2D eigenvalue weighted by atomic mass is 19.4. The van der Waals surface area contributed by atoms with Gasteiger partial charge in [-0.3, -0.25) is 9.59 Å². The molecule has 2 amide bonds. The molecule has 0 bridgehead atoms. The van der Waals surface area contributed by atoms with Crippen molar-refractivity contribution < 1.29 is 32.6 Å². The molecule has 1 aromatic rings. The Labute approximate surface area is 161 Å². The second-order valence-corrected chi connectivity index (χ2v) is 7.30. The maximum atomic E-state index is 12.9. The van der Waals surface area contributed by atoms with E-state index < -0.39 is 17.7 Å². The van der Waals surface area contributed by atoms with Gasteiger partial charge in [0.05, 0.1) is 7.11 Å². The molecule has 0 unspecified atom stereocenters. The number of halogens is 3. The van der Waals surface area contributed by atoms with E-state index >= 15 is 0 Å². The highest BCUT2D eigenvalue weighted by Gasteiger charge is 2.57. The lowest BCUT2D eigenvalue weighted by atomic mass is 9.90. The molecule has 9 heteroatoms. The predicted octanol–water partition coefficient (Wildman–Crippen LogP) is 2.32. The fourth-order valence-electron chi connectivity index (χ4n) is 3.41. The summed E-state index contributed by atoms with van der Waals surface area (Å²) in [7, 11) is 3.16. The van der Waals surface area contributed by atoms with E-state index in [1.807, 2.05) is 0 Å². The largest absolute Gasteiger partial charge is 0.497 e. The number of alkyl halides is 3. The van der Waals surface area contributed by atoms with Gasteiger partial charge in [-0.05, 0) is 43.5 Å². The molecule has 0 saturated carbocycles. The molecule has 156 valence electrons. The minimum atomic E-state index is -5.05. The summed E-state index contributed by atoms with van der Waals surface area (Å²) in [5, 5.41) is 9.62. The minimum Gasteiger partial charge on any atom is -0.497 e. The first-order valence-electron chi connectivity index (χ1n) is 8.89. The van der Waals surface area contributed by atoms with Crippen LogP contribution in [0.25, 0.3) is 0 Å². The van der Waals surface area contributed by atoms with Gasteiger partial charge in [-0.25, -0.2) is 0 Å². The van der Waals surface area contributed by atoms with Crippen LogP contribution < -0.4 is 4.74 Å². The second-order valence-electron chi connectivity index (χ2n) is 7.30. The fourth-order valence-corrected chi connectivity index (χ4v) is 3.41. The molecular weight excluding hydrogens is 377 g/mol. The van der Waals surface area contributed by atoms with E-state index in [1.54, 1.807) is 43.1 Å². The van der Waals surface area contributed by atoms with Gasteiger partial charge >= 0.3 is 6.18 Å². The maximum absolute atomic E-state index is 12.9. The van der Waals surface area contributed by atoms with Crippen molar-refractivity contribution in [2.75, 3.05) is 27.2 Å². The highest BCUT2D eigenvalue weighted by Crippen LogP contribution is 2.33. The van der Waals surface area contributed by atoms with Crippen molar-refractivity contribution in [2.24, 2.45) is 5.92 Å². The Morgan fingerprint density at radius 2 is 1.82 bits per heavy atom. The number of benzene rings is 1. The highest BCUT2D eigenvalue weighted by molar-refractivity contribution is 5.94. The van der Waals surface area contributed by atoms with E-state index in [0.717, 1.165) is 4.90 Å². The number of aliphatic hydroxyl groups is 1. The SMILES string of the molecule is COc1ccc(C(=O)N(C)[C@@H]2CCN(C(=O)[C@@](C)(O)C(F)(F)F)C[C@@H]2C)cc1. The molecule has 0 aromatic heterocycles. The van der Waals surface area contributed by atoms with E-state index in [1.165, 1.54) is 7.11 Å². The van der Waals surface area contributed by atoms with Crippen LogP contribution in [0.15, 0.2) is 24.3 Å². The quantitative estimate of drug-likeness (QED) is 0.839. The summed E-state index contributed by atoms with van der Waals surface area (Å²) in [5.74, 6) is -1.22. The second kappa shape index (κ2) is 7.98. The molecule has 1 saturated heterocycles. The molecule has 1 heterocycles. The van der Waals surface area contributed by atoms with Crippen LogP contribution in [0.2, 0.25) is 0 Å². The topological polar surface area (TPSA) is 70.1 Å². The molecule has 0 radical (unpaired) electrons. The Morgan fingerprint density at radius 3 is 2.29 bits per heavy atom. The summed E-state index contributed by atoms with van der Waals surface area (Å²) < 4.78 is 43.9. The number of amides is 2. The molecule has 1 aromatic carbocycles. The van der Waals surface area contributed by atoms with Gasteiger partial charge in [-0.1, -0.05) is 6.92 Å². The number of methoxy groups -OCH3 is 1. The number of rotatable bonds is 4. The number of nitrogens with zero attached hydrogens (tertiary/aromatic N) is 2. The summed E-state index contributed by atoms with van der Waals surface area (Å²) in [6.07, 6.45) is -4.73. The summed E-state index contributed by atoms with van der Waals surface area (Å²) in [4.78, 5) is 27.4. The zero-order valence-corrected chi connectivity index (χ0v) is 16.3. The molecule has 0 aliphatic carbocycles. The van der Waals surface area contributed by atoms with Crippen LogP contribution in [0, 0.1) is 5.92 Å². The Morgan fingerprint density at radius 1 is 1.25 bits per heavy atom. The van der Waals surface area contributed by atoms with Gasteiger partial charge in [0.1, 0.15) is 5.75 Å². The Balaban J connectivity index is 2.06. The first-order chi connectivity index (χ1) is 12.9. The van der Waals surface area contributed by atoms with Crippen LogP contribution in [-0.2, 0) is 4.79 Å². The first kappa shape index (κ1) is 22.0. The number of carbonyl (C=O) groups excluding carboxylic acids is 2. The third-order valence-corrected chi connectivity index (χ3v) is 5.27. The molecule has 1 aliphatic heterocycles. The zero-order valence-electron chi connectivity index (χ0n) is 16.3. The number of likely N-dealkylation sites (tertiary alicyclic amines) is 1. The van der Waals surface area contributed by atoms with Gasteiger partial charge < -0.3 is 19.6 Å². The van der Waals surface area contributed by atoms with Gasteiger partial charge in [0, 0.05) is 31.7 Å². The van der Waals surface area contributed by atoms with E-state index in [2.05, 4.69) is 0 Å². The lowest BCUT2D eigenvalue weighted by Gasteiger charge is -2.43. The summed E-state index contributed by atoms with van der Waals surface area (Å²) in [6.45, 7) is 2.28. The monoisotopic (exact) mass is 402 g/mol. The average molecular weight is 402 g/mol. The van der Waals surface area contributed by atoms with E-state index in [0.29, 0.717) is 24.7 Å². The fraction of sp³-hybridized carbons (Fsp3) is 0.579. The Hall–Kier alpha value is -2.29. The van der Waals surface area contributed by atoms with Crippen molar-refractivity contribution in [3.63, 3.8) is 0 Å². The van der Waals surface area contributed by atoms with Crippen LogP contribution in [-0.4, -0.2) is 71.8 Å². The first-order valence-corrected chi connectivity index (χ1v) is 8.89. The third kappa shape index (κ3) is 4.24.